The maximum atomic E-state index is 13.4. The number of likely N-dealkylation sites (tertiary alicyclic amines) is 1. The summed E-state index contributed by atoms with van der Waals surface area (Å²) >= 11 is 0. The zero-order valence-corrected chi connectivity index (χ0v) is 21.1. The van der Waals surface area contributed by atoms with Crippen LogP contribution in [0.2, 0.25) is 0 Å². The Labute approximate surface area is 216 Å². The van der Waals surface area contributed by atoms with Crippen LogP contribution in [-0.2, 0) is 16.1 Å². The molecule has 1 saturated heterocycles. The van der Waals surface area contributed by atoms with Gasteiger partial charge in [-0.25, -0.2) is 0 Å². The summed E-state index contributed by atoms with van der Waals surface area (Å²) < 4.78 is 16.7. The van der Waals surface area contributed by atoms with E-state index in [0.717, 1.165) is 18.4 Å². The smallest absolute Gasteiger partial charge is 0.295 e. The standard InChI is InChI=1S/C29H30N2O6/c1-4-5-15-37-21-10-8-20(9-11-21)27(32)25-26(23-16-22(35-2)12-13-24(23)36-3)31(29(34)28(25)33)18-19-7-6-14-30-17-19/h6-14,16-17,26,32H,4-5,15,18H2,1-3H3/t26-/m0/s1. The van der Waals surface area contributed by atoms with Gasteiger partial charge in [-0.3, -0.25) is 14.6 Å². The lowest BCUT2D eigenvalue weighted by Crippen LogP contribution is -2.29. The number of methoxy groups -OCH3 is 2. The number of nitrogens with zero attached hydrogens (tertiary/aromatic N) is 2. The number of aliphatic hydroxyl groups excluding tert-OH is 1. The Morgan fingerprint density at radius 1 is 1.03 bits per heavy atom. The van der Waals surface area contributed by atoms with Gasteiger partial charge in [0.25, 0.3) is 11.7 Å². The number of pyridine rings is 1. The number of aromatic nitrogens is 1. The molecule has 0 bridgehead atoms. The number of aliphatic hydroxyl groups is 1. The van der Waals surface area contributed by atoms with Gasteiger partial charge in [0.2, 0.25) is 0 Å². The minimum Gasteiger partial charge on any atom is -0.507 e. The molecule has 0 radical (unpaired) electrons. The lowest BCUT2D eigenvalue weighted by Gasteiger charge is -2.27. The maximum absolute atomic E-state index is 13.4. The highest BCUT2D eigenvalue weighted by Crippen LogP contribution is 2.44. The monoisotopic (exact) mass is 502 g/mol. The van der Waals surface area contributed by atoms with E-state index < -0.39 is 17.7 Å². The second-order valence-corrected chi connectivity index (χ2v) is 8.62. The van der Waals surface area contributed by atoms with Crippen LogP contribution >= 0.6 is 0 Å². The Kier molecular flexibility index (Phi) is 8.08. The number of carbonyl (C=O) groups excluding carboxylic acids is 2. The first kappa shape index (κ1) is 25.8. The normalized spacial score (nSPS) is 16.6. The zero-order chi connectivity index (χ0) is 26.4. The van der Waals surface area contributed by atoms with Gasteiger partial charge in [0.1, 0.15) is 23.0 Å². The second kappa shape index (κ2) is 11.6. The maximum Gasteiger partial charge on any atom is 0.295 e. The number of Topliss-reactive ketones (excluding diaryl/α,β-unsaturated/α-hetero) is 1. The van der Waals surface area contributed by atoms with Crippen molar-refractivity contribution in [2.45, 2.75) is 32.4 Å². The molecule has 1 fully saturated rings. The summed E-state index contributed by atoms with van der Waals surface area (Å²) in [5, 5.41) is 11.4. The minimum absolute atomic E-state index is 0.0277. The number of benzene rings is 2. The van der Waals surface area contributed by atoms with E-state index in [9.17, 15) is 14.7 Å². The van der Waals surface area contributed by atoms with Gasteiger partial charge in [-0.1, -0.05) is 19.4 Å². The van der Waals surface area contributed by atoms with E-state index >= 15 is 0 Å². The molecule has 0 unspecified atom stereocenters. The van der Waals surface area contributed by atoms with Crippen molar-refractivity contribution in [1.82, 2.24) is 9.88 Å². The largest absolute Gasteiger partial charge is 0.507 e. The number of rotatable bonds is 10. The molecule has 37 heavy (non-hydrogen) atoms. The first-order chi connectivity index (χ1) is 18.0. The second-order valence-electron chi connectivity index (χ2n) is 8.62. The number of hydrogen-bond acceptors (Lipinski definition) is 7. The third-order valence-electron chi connectivity index (χ3n) is 6.24. The van der Waals surface area contributed by atoms with Crippen molar-refractivity contribution in [3.05, 3.63) is 89.3 Å². The molecule has 2 aromatic carbocycles. The summed E-state index contributed by atoms with van der Waals surface area (Å²) in [5.41, 5.74) is 1.63. The summed E-state index contributed by atoms with van der Waals surface area (Å²) in [4.78, 5) is 32.2. The molecule has 4 rings (SSSR count). The molecule has 8 nitrogen and oxygen atoms in total. The first-order valence-electron chi connectivity index (χ1n) is 12.1. The number of hydrogen-bond donors (Lipinski definition) is 1. The van der Waals surface area contributed by atoms with Crippen molar-refractivity contribution in [1.29, 1.82) is 0 Å². The van der Waals surface area contributed by atoms with Crippen molar-refractivity contribution < 1.29 is 28.9 Å². The molecule has 0 aliphatic carbocycles. The molecule has 192 valence electrons. The van der Waals surface area contributed by atoms with Crippen LogP contribution in [0.15, 0.2) is 72.6 Å². The fraction of sp³-hybridized carbons (Fsp3) is 0.276. The lowest BCUT2D eigenvalue weighted by atomic mass is 9.94. The van der Waals surface area contributed by atoms with Crippen LogP contribution in [0, 0.1) is 0 Å². The van der Waals surface area contributed by atoms with Gasteiger partial charge >= 0.3 is 0 Å². The van der Waals surface area contributed by atoms with Crippen LogP contribution < -0.4 is 14.2 Å². The molecule has 2 heterocycles. The van der Waals surface area contributed by atoms with Crippen molar-refractivity contribution in [3.8, 4) is 17.2 Å². The molecule has 1 aliphatic heterocycles. The van der Waals surface area contributed by atoms with Crippen LogP contribution in [-0.4, -0.2) is 47.5 Å². The third-order valence-corrected chi connectivity index (χ3v) is 6.24. The Hall–Kier alpha value is -4.33. The van der Waals surface area contributed by atoms with Crippen LogP contribution in [0.4, 0.5) is 0 Å². The Morgan fingerprint density at radius 3 is 2.43 bits per heavy atom. The van der Waals surface area contributed by atoms with Crippen LogP contribution in [0.1, 0.15) is 42.5 Å². The molecule has 3 aromatic rings. The third kappa shape index (κ3) is 5.43. The SMILES string of the molecule is CCCCOc1ccc(C(O)=C2C(=O)C(=O)N(Cc3cccnc3)[C@H]2c2cc(OC)ccc2OC)cc1. The predicted octanol–water partition coefficient (Wildman–Crippen LogP) is 4.90. The van der Waals surface area contributed by atoms with Gasteiger partial charge in [-0.05, 0) is 60.5 Å². The van der Waals surface area contributed by atoms with E-state index in [1.54, 1.807) is 60.9 Å². The van der Waals surface area contributed by atoms with Crippen molar-refractivity contribution in [2.24, 2.45) is 0 Å². The van der Waals surface area contributed by atoms with E-state index in [4.69, 9.17) is 14.2 Å². The molecule has 1 aromatic heterocycles. The van der Waals surface area contributed by atoms with Gasteiger partial charge in [0.05, 0.1) is 32.4 Å². The van der Waals surface area contributed by atoms with E-state index in [0.29, 0.717) is 35.0 Å². The Morgan fingerprint density at radius 2 is 1.78 bits per heavy atom. The lowest BCUT2D eigenvalue weighted by molar-refractivity contribution is -0.140. The number of amides is 1. The predicted molar refractivity (Wildman–Crippen MR) is 138 cm³/mol. The topological polar surface area (TPSA) is 98.2 Å². The number of ketones is 1. The summed E-state index contributed by atoms with van der Waals surface area (Å²) in [7, 11) is 3.04. The van der Waals surface area contributed by atoms with Gasteiger partial charge in [0, 0.05) is 30.1 Å². The fourth-order valence-corrected chi connectivity index (χ4v) is 4.31. The number of ether oxygens (including phenoxy) is 3. The van der Waals surface area contributed by atoms with Gasteiger partial charge < -0.3 is 24.2 Å². The minimum atomic E-state index is -0.911. The van der Waals surface area contributed by atoms with E-state index in [1.807, 2.05) is 6.07 Å². The van der Waals surface area contributed by atoms with Crippen molar-refractivity contribution in [3.63, 3.8) is 0 Å². The zero-order valence-electron chi connectivity index (χ0n) is 21.1. The molecule has 1 amide bonds. The van der Waals surface area contributed by atoms with Crippen LogP contribution in [0.5, 0.6) is 17.2 Å². The van der Waals surface area contributed by atoms with Gasteiger partial charge in [-0.15, -0.1) is 0 Å². The Bertz CT molecular complexity index is 1290. The highest BCUT2D eigenvalue weighted by molar-refractivity contribution is 6.46. The number of unbranched alkanes of at least 4 members (excludes halogenated alkanes) is 1. The summed E-state index contributed by atoms with van der Waals surface area (Å²) in [6.45, 7) is 2.79. The van der Waals surface area contributed by atoms with E-state index in [2.05, 4.69) is 11.9 Å². The van der Waals surface area contributed by atoms with E-state index in [1.165, 1.54) is 19.1 Å². The number of carbonyl (C=O) groups is 2. The van der Waals surface area contributed by atoms with Crippen LogP contribution in [0.3, 0.4) is 0 Å². The quantitative estimate of drug-likeness (QED) is 0.182. The highest BCUT2D eigenvalue weighted by atomic mass is 16.5. The van der Waals surface area contributed by atoms with Gasteiger partial charge in [-0.2, -0.15) is 0 Å². The van der Waals surface area contributed by atoms with E-state index in [-0.39, 0.29) is 17.9 Å². The molecular weight excluding hydrogens is 472 g/mol. The summed E-state index contributed by atoms with van der Waals surface area (Å²) in [5.74, 6) is -0.139. The molecular formula is C29H30N2O6. The Balaban J connectivity index is 1.82. The molecule has 0 saturated carbocycles. The highest BCUT2D eigenvalue weighted by Gasteiger charge is 2.47. The molecule has 0 spiro atoms. The molecule has 1 N–H and O–H groups in total. The summed E-state index contributed by atoms with van der Waals surface area (Å²) in [6.07, 6.45) is 5.22. The average Bonchev–Trinajstić information content (AvgIpc) is 3.18. The molecule has 1 atom stereocenters. The van der Waals surface area contributed by atoms with Gasteiger partial charge in [0.15, 0.2) is 0 Å². The molecule has 8 heteroatoms. The molecule has 1 aliphatic rings. The average molecular weight is 503 g/mol. The van der Waals surface area contributed by atoms with Crippen LogP contribution in [0.25, 0.3) is 5.76 Å². The summed E-state index contributed by atoms with van der Waals surface area (Å²) in [6, 6.07) is 14.6. The first-order valence-corrected chi connectivity index (χ1v) is 12.1. The fourth-order valence-electron chi connectivity index (χ4n) is 4.31. The van der Waals surface area contributed by atoms with Crippen molar-refractivity contribution >= 4 is 17.4 Å². The van der Waals surface area contributed by atoms with Crippen molar-refractivity contribution in [2.75, 3.05) is 20.8 Å².